The van der Waals surface area contributed by atoms with Crippen LogP contribution in [-0.2, 0) is 5.41 Å². The lowest BCUT2D eigenvalue weighted by molar-refractivity contribution is 0.588. The van der Waals surface area contributed by atoms with E-state index in [9.17, 15) is 0 Å². The van der Waals surface area contributed by atoms with Crippen molar-refractivity contribution in [3.05, 3.63) is 68.7 Å². The Labute approximate surface area is 139 Å². The summed E-state index contributed by atoms with van der Waals surface area (Å²) in [4.78, 5) is 0. The van der Waals surface area contributed by atoms with E-state index in [0.29, 0.717) is 5.02 Å². The first-order valence-electron chi connectivity index (χ1n) is 6.84. The Morgan fingerprint density at radius 2 is 1.67 bits per heavy atom. The maximum Gasteiger partial charge on any atom is 0.0711 e. The average Bonchev–Trinajstić information content (AvgIpc) is 2.38. The van der Waals surface area contributed by atoms with Crippen LogP contribution in [0.1, 0.15) is 43.5 Å². The number of hydrazine groups is 1. The third-order valence-electron chi connectivity index (χ3n) is 3.49. The van der Waals surface area contributed by atoms with E-state index in [4.69, 9.17) is 17.4 Å². The van der Waals surface area contributed by atoms with Crippen molar-refractivity contribution in [3.8, 4) is 0 Å². The average molecular weight is 368 g/mol. The fraction of sp³-hybridized carbons (Fsp3) is 0.294. The first kappa shape index (κ1) is 16.5. The SMILES string of the molecule is CC(C)(C)c1ccc(C(NN)c2cc(Cl)cc(Br)c2)cc1. The molecule has 0 saturated carbocycles. The molecule has 0 amide bonds. The number of hydrogen-bond donors (Lipinski definition) is 2. The highest BCUT2D eigenvalue weighted by molar-refractivity contribution is 9.10. The number of hydrogen-bond acceptors (Lipinski definition) is 2. The van der Waals surface area contributed by atoms with Crippen LogP contribution in [0.5, 0.6) is 0 Å². The summed E-state index contributed by atoms with van der Waals surface area (Å²) in [7, 11) is 0. The van der Waals surface area contributed by atoms with Gasteiger partial charge in [-0.25, -0.2) is 5.43 Å². The molecule has 21 heavy (non-hydrogen) atoms. The van der Waals surface area contributed by atoms with E-state index in [-0.39, 0.29) is 11.5 Å². The fourth-order valence-corrected chi connectivity index (χ4v) is 3.19. The highest BCUT2D eigenvalue weighted by atomic mass is 79.9. The number of rotatable bonds is 3. The Morgan fingerprint density at radius 3 is 2.14 bits per heavy atom. The second kappa shape index (κ2) is 6.49. The van der Waals surface area contributed by atoms with Crippen molar-refractivity contribution in [1.29, 1.82) is 0 Å². The summed E-state index contributed by atoms with van der Waals surface area (Å²) in [5.74, 6) is 5.75. The van der Waals surface area contributed by atoms with Crippen molar-refractivity contribution < 1.29 is 0 Å². The molecule has 0 aliphatic carbocycles. The third-order valence-corrected chi connectivity index (χ3v) is 4.17. The highest BCUT2D eigenvalue weighted by Crippen LogP contribution is 2.29. The molecule has 0 spiro atoms. The zero-order chi connectivity index (χ0) is 15.6. The normalized spacial score (nSPS) is 13.2. The minimum atomic E-state index is -0.0889. The van der Waals surface area contributed by atoms with Gasteiger partial charge in [-0.3, -0.25) is 5.84 Å². The Morgan fingerprint density at radius 1 is 1.05 bits per heavy atom. The lowest BCUT2D eigenvalue weighted by Crippen LogP contribution is -2.29. The van der Waals surface area contributed by atoms with Gasteiger partial charge >= 0.3 is 0 Å². The monoisotopic (exact) mass is 366 g/mol. The summed E-state index contributed by atoms with van der Waals surface area (Å²) < 4.78 is 0.941. The summed E-state index contributed by atoms with van der Waals surface area (Å²) in [6, 6.07) is 14.2. The van der Waals surface area contributed by atoms with Crippen LogP contribution >= 0.6 is 27.5 Å². The van der Waals surface area contributed by atoms with Gasteiger partial charge in [0.25, 0.3) is 0 Å². The molecule has 0 heterocycles. The molecule has 0 aliphatic rings. The van der Waals surface area contributed by atoms with Crippen LogP contribution in [-0.4, -0.2) is 0 Å². The molecule has 0 fully saturated rings. The lowest BCUT2D eigenvalue weighted by Gasteiger charge is -2.22. The predicted octanol–water partition coefficient (Wildman–Crippen LogP) is 4.95. The Hall–Kier alpha value is -0.870. The summed E-state index contributed by atoms with van der Waals surface area (Å²) in [6.45, 7) is 6.61. The van der Waals surface area contributed by atoms with Gasteiger partial charge in [-0.05, 0) is 40.3 Å². The largest absolute Gasteiger partial charge is 0.271 e. The maximum absolute atomic E-state index is 6.13. The number of benzene rings is 2. The molecule has 2 aromatic rings. The standard InChI is InChI=1S/C17H20BrClN2/c1-17(2,3)13-6-4-11(5-7-13)16(21-20)12-8-14(18)10-15(19)9-12/h4-10,16,21H,20H2,1-3H3. The van der Waals surface area contributed by atoms with Crippen LogP contribution in [0.3, 0.4) is 0 Å². The van der Waals surface area contributed by atoms with Gasteiger partial charge in [0.2, 0.25) is 0 Å². The van der Waals surface area contributed by atoms with Crippen molar-refractivity contribution >= 4 is 27.5 Å². The Balaban J connectivity index is 2.37. The van der Waals surface area contributed by atoms with Crippen LogP contribution in [0.15, 0.2) is 46.9 Å². The molecule has 1 unspecified atom stereocenters. The topological polar surface area (TPSA) is 38.0 Å². The Kier molecular flexibility index (Phi) is 5.10. The van der Waals surface area contributed by atoms with E-state index in [1.54, 1.807) is 0 Å². The summed E-state index contributed by atoms with van der Waals surface area (Å²) in [6.07, 6.45) is 0. The zero-order valence-electron chi connectivity index (χ0n) is 12.5. The van der Waals surface area contributed by atoms with Crippen molar-refractivity contribution in [1.82, 2.24) is 5.43 Å². The van der Waals surface area contributed by atoms with Gasteiger partial charge in [0.15, 0.2) is 0 Å². The molecular weight excluding hydrogens is 348 g/mol. The molecule has 3 N–H and O–H groups in total. The predicted molar refractivity (Wildman–Crippen MR) is 93.5 cm³/mol. The van der Waals surface area contributed by atoms with Crippen LogP contribution in [0.25, 0.3) is 0 Å². The summed E-state index contributed by atoms with van der Waals surface area (Å²) in [5, 5.41) is 0.686. The molecule has 0 bridgehead atoms. The highest BCUT2D eigenvalue weighted by Gasteiger charge is 2.17. The molecule has 0 aromatic heterocycles. The zero-order valence-corrected chi connectivity index (χ0v) is 14.8. The van der Waals surface area contributed by atoms with Gasteiger partial charge in [0, 0.05) is 9.50 Å². The van der Waals surface area contributed by atoms with Crippen LogP contribution < -0.4 is 11.3 Å². The van der Waals surface area contributed by atoms with Gasteiger partial charge in [-0.1, -0.05) is 72.6 Å². The summed E-state index contributed by atoms with van der Waals surface area (Å²) in [5.41, 5.74) is 6.45. The van der Waals surface area contributed by atoms with Gasteiger partial charge in [0.05, 0.1) is 6.04 Å². The molecule has 2 aromatic carbocycles. The number of halogens is 2. The molecular formula is C17H20BrClN2. The minimum absolute atomic E-state index is 0.0889. The van der Waals surface area contributed by atoms with Crippen molar-refractivity contribution in [2.75, 3.05) is 0 Å². The van der Waals surface area contributed by atoms with E-state index < -0.39 is 0 Å². The Bertz CT molecular complexity index is 597. The maximum atomic E-state index is 6.13. The van der Waals surface area contributed by atoms with E-state index in [0.717, 1.165) is 15.6 Å². The van der Waals surface area contributed by atoms with Gasteiger partial charge < -0.3 is 0 Å². The molecule has 112 valence electrons. The molecule has 0 saturated heterocycles. The molecule has 0 radical (unpaired) electrons. The summed E-state index contributed by atoms with van der Waals surface area (Å²) >= 11 is 9.59. The van der Waals surface area contributed by atoms with Crippen molar-refractivity contribution in [3.63, 3.8) is 0 Å². The van der Waals surface area contributed by atoms with Gasteiger partial charge in [-0.2, -0.15) is 0 Å². The van der Waals surface area contributed by atoms with E-state index in [1.165, 1.54) is 5.56 Å². The van der Waals surface area contributed by atoms with Crippen molar-refractivity contribution in [2.24, 2.45) is 5.84 Å². The fourth-order valence-electron chi connectivity index (χ4n) is 2.30. The van der Waals surface area contributed by atoms with Gasteiger partial charge in [-0.15, -0.1) is 0 Å². The lowest BCUT2D eigenvalue weighted by atomic mass is 9.86. The first-order valence-corrected chi connectivity index (χ1v) is 8.01. The quantitative estimate of drug-likeness (QED) is 0.595. The third kappa shape index (κ3) is 4.07. The molecule has 1 atom stereocenters. The van der Waals surface area contributed by atoms with E-state index in [2.05, 4.69) is 66.4 Å². The van der Waals surface area contributed by atoms with Crippen molar-refractivity contribution in [2.45, 2.75) is 32.2 Å². The second-order valence-corrected chi connectivity index (χ2v) is 7.53. The first-order chi connectivity index (χ1) is 9.81. The van der Waals surface area contributed by atoms with Crippen LogP contribution in [0, 0.1) is 0 Å². The van der Waals surface area contributed by atoms with E-state index >= 15 is 0 Å². The molecule has 2 nitrogen and oxygen atoms in total. The molecule has 0 aliphatic heterocycles. The smallest absolute Gasteiger partial charge is 0.0711 e. The van der Waals surface area contributed by atoms with E-state index in [1.807, 2.05) is 18.2 Å². The van der Waals surface area contributed by atoms with Crippen LogP contribution in [0.4, 0.5) is 0 Å². The second-order valence-electron chi connectivity index (χ2n) is 6.17. The van der Waals surface area contributed by atoms with Crippen LogP contribution in [0.2, 0.25) is 5.02 Å². The number of nitrogens with one attached hydrogen (secondary N) is 1. The molecule has 4 heteroatoms. The molecule has 2 rings (SSSR count). The minimum Gasteiger partial charge on any atom is -0.271 e. The van der Waals surface area contributed by atoms with Gasteiger partial charge in [0.1, 0.15) is 0 Å². The number of nitrogens with two attached hydrogens (primary N) is 1.